The first kappa shape index (κ1) is 12.5. The molecular weight excluding hydrogens is 214 g/mol. The lowest BCUT2D eigenvalue weighted by Crippen LogP contribution is -2.14. The molecule has 1 aliphatic rings. The molecule has 1 aromatic heterocycles. The molecule has 0 amide bonds. The standard InChI is InChI=1S/C13H21N3O/c1-10-15-8-7-13(16-10)12(14)6-2-4-11-5-3-9-17-11/h7-8,11-12H,2-6,9,14H2,1H3. The molecule has 0 aromatic carbocycles. The summed E-state index contributed by atoms with van der Waals surface area (Å²) in [6.45, 7) is 2.82. The van der Waals surface area contributed by atoms with Gasteiger partial charge in [-0.15, -0.1) is 0 Å². The first-order valence-corrected chi connectivity index (χ1v) is 6.42. The van der Waals surface area contributed by atoms with Crippen molar-refractivity contribution in [2.24, 2.45) is 5.73 Å². The first-order chi connectivity index (χ1) is 8.25. The van der Waals surface area contributed by atoms with Crippen LogP contribution in [0.5, 0.6) is 0 Å². The molecule has 4 nitrogen and oxygen atoms in total. The minimum Gasteiger partial charge on any atom is -0.378 e. The lowest BCUT2D eigenvalue weighted by Gasteiger charge is -2.13. The van der Waals surface area contributed by atoms with Crippen LogP contribution >= 0.6 is 0 Å². The summed E-state index contributed by atoms with van der Waals surface area (Å²) in [4.78, 5) is 8.44. The molecule has 2 N–H and O–H groups in total. The van der Waals surface area contributed by atoms with E-state index in [9.17, 15) is 0 Å². The number of hydrogen-bond acceptors (Lipinski definition) is 4. The summed E-state index contributed by atoms with van der Waals surface area (Å²) in [6.07, 6.45) is 7.86. The fourth-order valence-corrected chi connectivity index (χ4v) is 2.27. The Morgan fingerprint density at radius 1 is 1.59 bits per heavy atom. The quantitative estimate of drug-likeness (QED) is 0.849. The number of ether oxygens (including phenoxy) is 1. The van der Waals surface area contributed by atoms with E-state index in [4.69, 9.17) is 10.5 Å². The lowest BCUT2D eigenvalue weighted by molar-refractivity contribution is 0.101. The minimum absolute atomic E-state index is 0.0260. The van der Waals surface area contributed by atoms with Crippen LogP contribution in [0.4, 0.5) is 0 Å². The molecule has 94 valence electrons. The summed E-state index contributed by atoms with van der Waals surface area (Å²) in [5, 5.41) is 0. The number of aromatic nitrogens is 2. The zero-order valence-corrected chi connectivity index (χ0v) is 10.4. The molecule has 1 saturated heterocycles. The van der Waals surface area contributed by atoms with Gasteiger partial charge in [-0.25, -0.2) is 9.97 Å². The van der Waals surface area contributed by atoms with Crippen LogP contribution in [0.1, 0.15) is 49.7 Å². The molecule has 0 saturated carbocycles. The van der Waals surface area contributed by atoms with Gasteiger partial charge in [-0.1, -0.05) is 0 Å². The van der Waals surface area contributed by atoms with Crippen molar-refractivity contribution in [3.63, 3.8) is 0 Å². The third-order valence-corrected chi connectivity index (χ3v) is 3.24. The maximum atomic E-state index is 6.12. The molecule has 2 heterocycles. The van der Waals surface area contributed by atoms with Crippen LogP contribution in [0.25, 0.3) is 0 Å². The van der Waals surface area contributed by atoms with Gasteiger partial charge in [-0.05, 0) is 45.1 Å². The molecule has 1 aromatic rings. The highest BCUT2D eigenvalue weighted by atomic mass is 16.5. The van der Waals surface area contributed by atoms with Crippen molar-refractivity contribution in [3.8, 4) is 0 Å². The molecule has 2 atom stereocenters. The van der Waals surface area contributed by atoms with Crippen molar-refractivity contribution in [3.05, 3.63) is 23.8 Å². The molecule has 0 spiro atoms. The van der Waals surface area contributed by atoms with Gasteiger partial charge in [0.25, 0.3) is 0 Å². The maximum absolute atomic E-state index is 6.12. The Morgan fingerprint density at radius 2 is 2.47 bits per heavy atom. The van der Waals surface area contributed by atoms with Gasteiger partial charge in [0.05, 0.1) is 11.8 Å². The van der Waals surface area contributed by atoms with Crippen LogP contribution in [0.3, 0.4) is 0 Å². The first-order valence-electron chi connectivity index (χ1n) is 6.42. The Balaban J connectivity index is 1.74. The molecule has 4 heteroatoms. The van der Waals surface area contributed by atoms with E-state index in [1.165, 1.54) is 12.8 Å². The molecule has 0 bridgehead atoms. The normalized spacial score (nSPS) is 21.6. The Bertz CT molecular complexity index is 350. The second-order valence-electron chi connectivity index (χ2n) is 4.70. The van der Waals surface area contributed by atoms with Gasteiger partial charge in [0.2, 0.25) is 0 Å². The minimum atomic E-state index is 0.0260. The van der Waals surface area contributed by atoms with Crippen molar-refractivity contribution in [1.29, 1.82) is 0 Å². The van der Waals surface area contributed by atoms with Crippen molar-refractivity contribution in [2.45, 2.75) is 51.2 Å². The molecule has 0 aliphatic carbocycles. The summed E-state index contributed by atoms with van der Waals surface area (Å²) in [5.74, 6) is 0.789. The number of nitrogens with two attached hydrogens (primary N) is 1. The van der Waals surface area contributed by atoms with E-state index < -0.39 is 0 Å². The largest absolute Gasteiger partial charge is 0.378 e. The molecule has 1 fully saturated rings. The zero-order chi connectivity index (χ0) is 12.1. The third-order valence-electron chi connectivity index (χ3n) is 3.24. The van der Waals surface area contributed by atoms with E-state index in [1.54, 1.807) is 6.20 Å². The summed E-state index contributed by atoms with van der Waals surface area (Å²) < 4.78 is 5.59. The lowest BCUT2D eigenvalue weighted by atomic mass is 10.0. The van der Waals surface area contributed by atoms with Crippen LogP contribution in [0.15, 0.2) is 12.3 Å². The van der Waals surface area contributed by atoms with Gasteiger partial charge in [-0.3, -0.25) is 0 Å². The molecule has 2 rings (SSSR count). The van der Waals surface area contributed by atoms with Gasteiger partial charge < -0.3 is 10.5 Å². The van der Waals surface area contributed by atoms with Gasteiger partial charge in [0, 0.05) is 18.8 Å². The smallest absolute Gasteiger partial charge is 0.125 e. The van der Waals surface area contributed by atoms with Crippen molar-refractivity contribution in [2.75, 3.05) is 6.61 Å². The molecule has 0 radical (unpaired) electrons. The molecule has 1 aliphatic heterocycles. The van der Waals surface area contributed by atoms with Crippen LogP contribution in [0, 0.1) is 6.92 Å². The topological polar surface area (TPSA) is 61.0 Å². The van der Waals surface area contributed by atoms with E-state index in [0.717, 1.165) is 37.4 Å². The van der Waals surface area contributed by atoms with E-state index in [0.29, 0.717) is 6.10 Å². The molecule has 17 heavy (non-hydrogen) atoms. The number of nitrogens with zero attached hydrogens (tertiary/aromatic N) is 2. The Morgan fingerprint density at radius 3 is 3.18 bits per heavy atom. The average molecular weight is 235 g/mol. The van der Waals surface area contributed by atoms with Crippen LogP contribution in [0.2, 0.25) is 0 Å². The van der Waals surface area contributed by atoms with Gasteiger partial charge >= 0.3 is 0 Å². The highest BCUT2D eigenvalue weighted by molar-refractivity contribution is 5.06. The SMILES string of the molecule is Cc1nccc(C(N)CCCC2CCCO2)n1. The second kappa shape index (κ2) is 6.07. The average Bonchev–Trinajstić information content (AvgIpc) is 2.82. The zero-order valence-electron chi connectivity index (χ0n) is 10.4. The summed E-state index contributed by atoms with van der Waals surface area (Å²) >= 11 is 0. The van der Waals surface area contributed by atoms with Crippen LogP contribution in [-0.4, -0.2) is 22.7 Å². The predicted molar refractivity (Wildman–Crippen MR) is 66.5 cm³/mol. The van der Waals surface area contributed by atoms with Crippen molar-refractivity contribution >= 4 is 0 Å². The number of rotatable bonds is 5. The summed E-state index contributed by atoms with van der Waals surface area (Å²) in [5.41, 5.74) is 7.07. The third kappa shape index (κ3) is 3.75. The summed E-state index contributed by atoms with van der Waals surface area (Å²) in [7, 11) is 0. The van der Waals surface area contributed by atoms with Crippen LogP contribution < -0.4 is 5.73 Å². The van der Waals surface area contributed by atoms with Crippen molar-refractivity contribution in [1.82, 2.24) is 9.97 Å². The van der Waals surface area contributed by atoms with Gasteiger partial charge in [-0.2, -0.15) is 0 Å². The molecule has 2 unspecified atom stereocenters. The number of aryl methyl sites for hydroxylation is 1. The Labute approximate surface area is 103 Å². The van der Waals surface area contributed by atoms with E-state index in [-0.39, 0.29) is 6.04 Å². The second-order valence-corrected chi connectivity index (χ2v) is 4.70. The van der Waals surface area contributed by atoms with Crippen molar-refractivity contribution < 1.29 is 4.74 Å². The summed E-state index contributed by atoms with van der Waals surface area (Å²) in [6, 6.07) is 1.93. The van der Waals surface area contributed by atoms with Gasteiger partial charge in [0.15, 0.2) is 0 Å². The van der Waals surface area contributed by atoms with E-state index in [1.807, 2.05) is 13.0 Å². The Kier molecular flexibility index (Phi) is 4.45. The van der Waals surface area contributed by atoms with Gasteiger partial charge in [0.1, 0.15) is 5.82 Å². The Hall–Kier alpha value is -1.00. The highest BCUT2D eigenvalue weighted by Gasteiger charge is 2.16. The predicted octanol–water partition coefficient (Wildman–Crippen LogP) is 2.13. The monoisotopic (exact) mass is 235 g/mol. The highest BCUT2D eigenvalue weighted by Crippen LogP contribution is 2.20. The van der Waals surface area contributed by atoms with E-state index >= 15 is 0 Å². The fourth-order valence-electron chi connectivity index (χ4n) is 2.27. The fraction of sp³-hybridized carbons (Fsp3) is 0.692. The molecular formula is C13H21N3O. The van der Waals surface area contributed by atoms with E-state index in [2.05, 4.69) is 9.97 Å². The van der Waals surface area contributed by atoms with Crippen LogP contribution in [-0.2, 0) is 4.74 Å². The maximum Gasteiger partial charge on any atom is 0.125 e. The number of hydrogen-bond donors (Lipinski definition) is 1.